The van der Waals surface area contributed by atoms with Crippen LogP contribution in [0.3, 0.4) is 0 Å². The smallest absolute Gasteiger partial charge is 0.243 e. The van der Waals surface area contributed by atoms with Crippen molar-refractivity contribution in [2.75, 3.05) is 0 Å². The second-order valence-corrected chi connectivity index (χ2v) is 5.43. The summed E-state index contributed by atoms with van der Waals surface area (Å²) in [5.41, 5.74) is 4.87. The Morgan fingerprint density at radius 3 is 2.89 bits per heavy atom. The van der Waals surface area contributed by atoms with Gasteiger partial charge < -0.3 is 0 Å². The van der Waals surface area contributed by atoms with Crippen molar-refractivity contribution in [3.63, 3.8) is 0 Å². The standard InChI is InChI=1S/C15H14N2OS/c18-15(17-16-9-11-6-7-19-10-11)14-8-13(14)12-4-2-1-3-5-12/h1-7,9-10,13-14H,8H2,(H,17,18). The van der Waals surface area contributed by atoms with E-state index in [2.05, 4.69) is 22.7 Å². The Morgan fingerprint density at radius 2 is 2.16 bits per heavy atom. The van der Waals surface area contributed by atoms with Crippen LogP contribution in [0.1, 0.15) is 23.5 Å². The zero-order valence-electron chi connectivity index (χ0n) is 10.3. The van der Waals surface area contributed by atoms with Gasteiger partial charge in [-0.15, -0.1) is 0 Å². The first-order chi connectivity index (χ1) is 9.34. The van der Waals surface area contributed by atoms with E-state index < -0.39 is 0 Å². The Bertz CT molecular complexity index is 577. The van der Waals surface area contributed by atoms with Gasteiger partial charge in [0, 0.05) is 11.5 Å². The number of hydrogen-bond donors (Lipinski definition) is 1. The molecule has 2 unspecified atom stereocenters. The van der Waals surface area contributed by atoms with E-state index in [9.17, 15) is 4.79 Å². The van der Waals surface area contributed by atoms with Crippen molar-refractivity contribution in [1.82, 2.24) is 5.43 Å². The molecule has 0 radical (unpaired) electrons. The summed E-state index contributed by atoms with van der Waals surface area (Å²) in [6, 6.07) is 12.1. The van der Waals surface area contributed by atoms with Gasteiger partial charge in [-0.1, -0.05) is 30.3 Å². The number of carbonyl (C=O) groups excluding carboxylic acids is 1. The number of thiophene rings is 1. The number of carbonyl (C=O) groups is 1. The Kier molecular flexibility index (Phi) is 3.42. The van der Waals surface area contributed by atoms with Crippen LogP contribution in [0.15, 0.2) is 52.3 Å². The minimum Gasteiger partial charge on any atom is -0.273 e. The normalized spacial score (nSPS) is 21.5. The van der Waals surface area contributed by atoms with Crippen molar-refractivity contribution in [3.05, 3.63) is 58.3 Å². The molecule has 2 aromatic rings. The monoisotopic (exact) mass is 270 g/mol. The van der Waals surface area contributed by atoms with Crippen LogP contribution in [0, 0.1) is 5.92 Å². The largest absolute Gasteiger partial charge is 0.273 e. The molecule has 3 nitrogen and oxygen atoms in total. The van der Waals surface area contributed by atoms with Crippen molar-refractivity contribution in [2.24, 2.45) is 11.0 Å². The molecule has 1 aromatic heterocycles. The molecule has 96 valence electrons. The summed E-state index contributed by atoms with van der Waals surface area (Å²) < 4.78 is 0. The highest BCUT2D eigenvalue weighted by atomic mass is 32.1. The van der Waals surface area contributed by atoms with Gasteiger partial charge in [-0.05, 0) is 34.7 Å². The van der Waals surface area contributed by atoms with Gasteiger partial charge in [0.1, 0.15) is 0 Å². The Hall–Kier alpha value is -1.94. The van der Waals surface area contributed by atoms with Gasteiger partial charge in [-0.2, -0.15) is 16.4 Å². The third kappa shape index (κ3) is 2.90. The molecule has 3 rings (SSSR count). The van der Waals surface area contributed by atoms with E-state index in [0.29, 0.717) is 5.92 Å². The highest BCUT2D eigenvalue weighted by Crippen LogP contribution is 2.47. The molecule has 1 aliphatic carbocycles. The predicted octanol–water partition coefficient (Wildman–Crippen LogP) is 3.00. The predicted molar refractivity (Wildman–Crippen MR) is 77.3 cm³/mol. The van der Waals surface area contributed by atoms with Crippen molar-refractivity contribution < 1.29 is 4.79 Å². The van der Waals surface area contributed by atoms with Crippen molar-refractivity contribution in [3.8, 4) is 0 Å². The van der Waals surface area contributed by atoms with Gasteiger partial charge in [-0.25, -0.2) is 5.43 Å². The van der Waals surface area contributed by atoms with E-state index in [1.54, 1.807) is 17.6 Å². The minimum atomic E-state index is 0.0142. The maximum Gasteiger partial charge on any atom is 0.243 e. The van der Waals surface area contributed by atoms with Crippen LogP contribution in [0.4, 0.5) is 0 Å². The summed E-state index contributed by atoms with van der Waals surface area (Å²) in [5.74, 6) is 0.444. The van der Waals surface area contributed by atoms with Gasteiger partial charge in [0.25, 0.3) is 0 Å². The van der Waals surface area contributed by atoms with Crippen molar-refractivity contribution in [2.45, 2.75) is 12.3 Å². The molecule has 0 saturated heterocycles. The van der Waals surface area contributed by atoms with Gasteiger partial charge in [0.05, 0.1) is 6.21 Å². The van der Waals surface area contributed by atoms with Crippen LogP contribution in [0.5, 0.6) is 0 Å². The fraction of sp³-hybridized carbons (Fsp3) is 0.200. The van der Waals surface area contributed by atoms with Crippen LogP contribution in [0.25, 0.3) is 0 Å². The third-order valence-corrected chi connectivity index (χ3v) is 3.99. The molecule has 0 spiro atoms. The van der Waals surface area contributed by atoms with E-state index >= 15 is 0 Å². The first kappa shape index (κ1) is 12.1. The summed E-state index contributed by atoms with van der Waals surface area (Å²) in [4.78, 5) is 11.9. The fourth-order valence-electron chi connectivity index (χ4n) is 2.16. The first-order valence-electron chi connectivity index (χ1n) is 6.24. The molecule has 2 atom stereocenters. The summed E-state index contributed by atoms with van der Waals surface area (Å²) in [7, 11) is 0. The summed E-state index contributed by atoms with van der Waals surface area (Å²) in [5, 5.41) is 7.95. The maximum atomic E-state index is 11.9. The quantitative estimate of drug-likeness (QED) is 0.673. The van der Waals surface area contributed by atoms with Gasteiger partial charge in [-0.3, -0.25) is 4.79 Å². The number of nitrogens with zero attached hydrogens (tertiary/aromatic N) is 1. The lowest BCUT2D eigenvalue weighted by Crippen LogP contribution is -2.20. The van der Waals surface area contributed by atoms with Crippen LogP contribution in [0.2, 0.25) is 0 Å². The zero-order valence-corrected chi connectivity index (χ0v) is 11.1. The summed E-state index contributed by atoms with van der Waals surface area (Å²) in [6.45, 7) is 0. The minimum absolute atomic E-state index is 0.0142. The first-order valence-corrected chi connectivity index (χ1v) is 7.19. The number of amides is 1. The van der Waals surface area contributed by atoms with Crippen LogP contribution in [-0.4, -0.2) is 12.1 Å². The molecule has 4 heteroatoms. The Labute approximate surface area is 116 Å². The molecule has 1 aliphatic rings. The molecule has 1 fully saturated rings. The molecule has 1 heterocycles. The molecule has 1 amide bonds. The zero-order chi connectivity index (χ0) is 13.1. The van der Waals surface area contributed by atoms with Crippen molar-refractivity contribution in [1.29, 1.82) is 0 Å². The molecular formula is C15H14N2OS. The van der Waals surface area contributed by atoms with Crippen LogP contribution in [-0.2, 0) is 4.79 Å². The fourth-order valence-corrected chi connectivity index (χ4v) is 2.77. The molecule has 1 saturated carbocycles. The molecule has 0 aliphatic heterocycles. The van der Waals surface area contributed by atoms with Gasteiger partial charge >= 0.3 is 0 Å². The number of rotatable bonds is 4. The van der Waals surface area contributed by atoms with Gasteiger partial charge in [0.15, 0.2) is 0 Å². The van der Waals surface area contributed by atoms with Crippen LogP contribution >= 0.6 is 11.3 Å². The second-order valence-electron chi connectivity index (χ2n) is 4.65. The lowest BCUT2D eigenvalue weighted by atomic mass is 10.1. The topological polar surface area (TPSA) is 41.5 Å². The summed E-state index contributed by atoms with van der Waals surface area (Å²) in [6.07, 6.45) is 2.60. The van der Waals surface area contributed by atoms with E-state index in [1.165, 1.54) is 5.56 Å². The number of hydrazone groups is 1. The average molecular weight is 270 g/mol. The molecule has 19 heavy (non-hydrogen) atoms. The number of benzene rings is 1. The number of nitrogens with one attached hydrogen (secondary N) is 1. The lowest BCUT2D eigenvalue weighted by molar-refractivity contribution is -0.122. The van der Waals surface area contributed by atoms with E-state index in [4.69, 9.17) is 0 Å². The number of hydrogen-bond acceptors (Lipinski definition) is 3. The average Bonchev–Trinajstić information content (AvgIpc) is 3.09. The van der Waals surface area contributed by atoms with Crippen molar-refractivity contribution >= 4 is 23.5 Å². The lowest BCUT2D eigenvalue weighted by Gasteiger charge is -1.99. The van der Waals surface area contributed by atoms with Crippen LogP contribution < -0.4 is 5.43 Å². The summed E-state index contributed by atoms with van der Waals surface area (Å²) >= 11 is 1.61. The molecule has 0 bridgehead atoms. The van der Waals surface area contributed by atoms with E-state index in [1.807, 2.05) is 35.0 Å². The van der Waals surface area contributed by atoms with E-state index in [-0.39, 0.29) is 11.8 Å². The van der Waals surface area contributed by atoms with E-state index in [0.717, 1.165) is 12.0 Å². The SMILES string of the molecule is O=C(NN=Cc1ccsc1)C1CC1c1ccccc1. The van der Waals surface area contributed by atoms with Gasteiger partial charge in [0.2, 0.25) is 5.91 Å². The maximum absolute atomic E-state index is 11.9. The molecular weight excluding hydrogens is 256 g/mol. The molecule has 1 N–H and O–H groups in total. The highest BCUT2D eigenvalue weighted by molar-refractivity contribution is 7.08. The third-order valence-electron chi connectivity index (χ3n) is 3.29. The Morgan fingerprint density at radius 1 is 1.32 bits per heavy atom. The molecule has 1 aromatic carbocycles. The Balaban J connectivity index is 1.53. The highest BCUT2D eigenvalue weighted by Gasteiger charge is 2.43. The second kappa shape index (κ2) is 5.36.